The van der Waals surface area contributed by atoms with Crippen LogP contribution in [0, 0.1) is 0 Å². The lowest BCUT2D eigenvalue weighted by atomic mass is 9.63. The second-order valence-electron chi connectivity index (χ2n) is 13.1. The quantitative estimate of drug-likeness (QED) is 0.255. The summed E-state index contributed by atoms with van der Waals surface area (Å²) in [7, 11) is -1.85. The molecule has 1 aliphatic rings. The molecule has 2 aromatic carbocycles. The Bertz CT molecular complexity index is 1130. The third-order valence-electron chi connectivity index (χ3n) is 8.43. The maximum absolute atomic E-state index is 6.64. The Morgan fingerprint density at radius 2 is 1.54 bits per heavy atom. The fourth-order valence-corrected chi connectivity index (χ4v) is 5.89. The Kier molecular flexibility index (Phi) is 8.16. The van der Waals surface area contributed by atoms with Crippen LogP contribution >= 0.6 is 15.9 Å². The highest BCUT2D eigenvalue weighted by molar-refractivity contribution is 9.10. The minimum absolute atomic E-state index is 0.185. The number of halogens is 1. The molecule has 3 rings (SSSR count). The van der Waals surface area contributed by atoms with E-state index in [1.165, 1.54) is 46.2 Å². The number of hydrogen-bond donors (Lipinski definition) is 0. The van der Waals surface area contributed by atoms with Crippen molar-refractivity contribution in [2.75, 3.05) is 6.61 Å². The number of hydrogen-bond acceptors (Lipinski definition) is 1. The molecule has 0 saturated heterocycles. The molecular weight excluding hydrogens is 508 g/mol. The molecule has 0 bridgehead atoms. The molecule has 190 valence electrons. The van der Waals surface area contributed by atoms with E-state index in [2.05, 4.69) is 139 Å². The standard InChI is InChI=1S/C32H45BrOSi/c1-23(24-16-17-28-29(21-24)32(7,8)19-18-31(28,5)6)14-15-26(25-12-11-13-27(33)20-25)22-34-35(9,10)30(2,3)4/h11-17,20-21H,18-19,22H2,1-10H3/b23-14+,26-15+. The first-order valence-electron chi connectivity index (χ1n) is 13.0. The lowest BCUT2D eigenvalue weighted by molar-refractivity contribution is 0.332. The third-order valence-corrected chi connectivity index (χ3v) is 13.4. The van der Waals surface area contributed by atoms with Crippen molar-refractivity contribution in [2.24, 2.45) is 0 Å². The average Bonchev–Trinajstić information content (AvgIpc) is 2.76. The van der Waals surface area contributed by atoms with Gasteiger partial charge in [0.1, 0.15) is 0 Å². The number of rotatable bonds is 6. The van der Waals surface area contributed by atoms with E-state index in [0.29, 0.717) is 6.61 Å². The topological polar surface area (TPSA) is 9.23 Å². The van der Waals surface area contributed by atoms with Gasteiger partial charge in [0.25, 0.3) is 0 Å². The van der Waals surface area contributed by atoms with Crippen molar-refractivity contribution in [3.8, 4) is 0 Å². The molecule has 0 unspecified atom stereocenters. The van der Waals surface area contributed by atoms with Crippen LogP contribution in [0.15, 0.2) is 59.1 Å². The maximum atomic E-state index is 6.64. The summed E-state index contributed by atoms with van der Waals surface area (Å²) in [6.07, 6.45) is 7.01. The molecule has 3 heteroatoms. The number of fused-ring (bicyclic) bond motifs is 1. The third kappa shape index (κ3) is 6.48. The van der Waals surface area contributed by atoms with Crippen LogP contribution in [0.1, 0.15) is 90.5 Å². The van der Waals surface area contributed by atoms with Crippen molar-refractivity contribution in [3.05, 3.63) is 81.3 Å². The molecule has 0 heterocycles. The molecule has 0 radical (unpaired) electrons. The van der Waals surface area contributed by atoms with Crippen LogP contribution in [-0.4, -0.2) is 14.9 Å². The Hall–Kier alpha value is -1.42. The molecule has 0 N–H and O–H groups in total. The van der Waals surface area contributed by atoms with Gasteiger partial charge in [-0.2, -0.15) is 0 Å². The summed E-state index contributed by atoms with van der Waals surface area (Å²) in [5.41, 5.74) is 8.50. The Morgan fingerprint density at radius 1 is 0.914 bits per heavy atom. The van der Waals surface area contributed by atoms with Crippen molar-refractivity contribution >= 4 is 35.4 Å². The molecule has 0 fully saturated rings. The van der Waals surface area contributed by atoms with Crippen molar-refractivity contribution < 1.29 is 4.43 Å². The van der Waals surface area contributed by atoms with Crippen LogP contribution in [0.2, 0.25) is 18.1 Å². The smallest absolute Gasteiger partial charge is 0.192 e. The largest absolute Gasteiger partial charge is 0.413 e. The second-order valence-corrected chi connectivity index (χ2v) is 18.9. The lowest BCUT2D eigenvalue weighted by Gasteiger charge is -2.42. The van der Waals surface area contributed by atoms with Crippen LogP contribution in [0.25, 0.3) is 11.1 Å². The minimum atomic E-state index is -1.85. The molecule has 0 amide bonds. The van der Waals surface area contributed by atoms with Gasteiger partial charge in [0, 0.05) is 4.47 Å². The van der Waals surface area contributed by atoms with Gasteiger partial charge < -0.3 is 4.43 Å². The summed E-state index contributed by atoms with van der Waals surface area (Å²) in [5, 5.41) is 0.185. The summed E-state index contributed by atoms with van der Waals surface area (Å²) >= 11 is 3.65. The Balaban J connectivity index is 1.98. The predicted molar refractivity (Wildman–Crippen MR) is 161 cm³/mol. The summed E-state index contributed by atoms with van der Waals surface area (Å²) < 4.78 is 7.73. The van der Waals surface area contributed by atoms with Crippen molar-refractivity contribution in [3.63, 3.8) is 0 Å². The summed E-state index contributed by atoms with van der Waals surface area (Å²) in [6.45, 7) is 24.0. The van der Waals surface area contributed by atoms with Gasteiger partial charge in [-0.3, -0.25) is 0 Å². The SMILES string of the molecule is C/C(=C\C=C(/CO[Si](C)(C)C(C)(C)C)c1cccc(Br)c1)c1ccc2c(c1)C(C)(C)CCC2(C)C. The fraction of sp³-hybridized carbons (Fsp3) is 0.500. The van der Waals surface area contributed by atoms with E-state index >= 15 is 0 Å². The van der Waals surface area contributed by atoms with Gasteiger partial charge >= 0.3 is 0 Å². The minimum Gasteiger partial charge on any atom is -0.413 e. The first-order chi connectivity index (χ1) is 16.0. The van der Waals surface area contributed by atoms with Gasteiger partial charge in [-0.25, -0.2) is 0 Å². The molecule has 0 aromatic heterocycles. The molecule has 35 heavy (non-hydrogen) atoms. The molecule has 0 aliphatic heterocycles. The van der Waals surface area contributed by atoms with E-state index in [1.807, 2.05) is 0 Å². The lowest BCUT2D eigenvalue weighted by Crippen LogP contribution is -2.41. The monoisotopic (exact) mass is 552 g/mol. The zero-order valence-corrected chi connectivity index (χ0v) is 26.2. The van der Waals surface area contributed by atoms with Crippen molar-refractivity contribution in [2.45, 2.75) is 97.2 Å². The van der Waals surface area contributed by atoms with E-state index in [4.69, 9.17) is 4.43 Å². The molecule has 1 aliphatic carbocycles. The van der Waals surface area contributed by atoms with Gasteiger partial charge in [-0.15, -0.1) is 0 Å². The fourth-order valence-electron chi connectivity index (χ4n) is 4.55. The Labute approximate surface area is 224 Å². The van der Waals surface area contributed by atoms with Gasteiger partial charge in [0.05, 0.1) is 6.61 Å². The summed E-state index contributed by atoms with van der Waals surface area (Å²) in [6, 6.07) is 15.7. The van der Waals surface area contributed by atoms with Gasteiger partial charge in [0.2, 0.25) is 0 Å². The number of benzene rings is 2. The normalized spacial score (nSPS) is 18.4. The molecule has 0 spiro atoms. The molecule has 1 nitrogen and oxygen atoms in total. The van der Waals surface area contributed by atoms with Gasteiger partial charge in [0.15, 0.2) is 8.32 Å². The molecule has 0 saturated carbocycles. The highest BCUT2D eigenvalue weighted by atomic mass is 79.9. The first-order valence-corrected chi connectivity index (χ1v) is 16.7. The zero-order chi connectivity index (χ0) is 26.2. The predicted octanol–water partition coefficient (Wildman–Crippen LogP) is 10.3. The van der Waals surface area contributed by atoms with Crippen molar-refractivity contribution in [1.82, 2.24) is 0 Å². The van der Waals surface area contributed by atoms with E-state index in [0.717, 1.165) is 4.47 Å². The van der Waals surface area contributed by atoms with Crippen LogP contribution in [0.5, 0.6) is 0 Å². The first kappa shape index (κ1) is 28.2. The van der Waals surface area contributed by atoms with E-state index in [9.17, 15) is 0 Å². The van der Waals surface area contributed by atoms with Crippen molar-refractivity contribution in [1.29, 1.82) is 0 Å². The molecular formula is C32H45BrOSi. The highest BCUT2D eigenvalue weighted by Gasteiger charge is 2.38. The van der Waals surface area contributed by atoms with Gasteiger partial charge in [-0.1, -0.05) is 107 Å². The van der Waals surface area contributed by atoms with Crippen LogP contribution < -0.4 is 0 Å². The zero-order valence-electron chi connectivity index (χ0n) is 23.6. The van der Waals surface area contributed by atoms with E-state index < -0.39 is 8.32 Å². The van der Waals surface area contributed by atoms with Crippen LogP contribution in [0.3, 0.4) is 0 Å². The second kappa shape index (κ2) is 10.1. The molecule has 0 atom stereocenters. The van der Waals surface area contributed by atoms with E-state index in [-0.39, 0.29) is 15.9 Å². The average molecular weight is 554 g/mol. The molecule has 2 aromatic rings. The van der Waals surface area contributed by atoms with Crippen LogP contribution in [0.4, 0.5) is 0 Å². The maximum Gasteiger partial charge on any atom is 0.192 e. The van der Waals surface area contributed by atoms with E-state index in [1.54, 1.807) is 0 Å². The van der Waals surface area contributed by atoms with Crippen LogP contribution in [-0.2, 0) is 15.3 Å². The highest BCUT2D eigenvalue weighted by Crippen LogP contribution is 2.46. The summed E-state index contributed by atoms with van der Waals surface area (Å²) in [4.78, 5) is 0. The van der Waals surface area contributed by atoms with Gasteiger partial charge in [-0.05, 0) is 94.3 Å². The number of allylic oxidation sites excluding steroid dienone is 3. The summed E-state index contributed by atoms with van der Waals surface area (Å²) in [5.74, 6) is 0. The Morgan fingerprint density at radius 3 is 2.14 bits per heavy atom.